The number of aliphatic carboxylic acids is 1. The van der Waals surface area contributed by atoms with Crippen molar-refractivity contribution in [3.05, 3.63) is 114 Å². The molecule has 5 aromatic rings. The predicted octanol–water partition coefficient (Wildman–Crippen LogP) is 6.14. The molecule has 0 bridgehead atoms. The van der Waals surface area contributed by atoms with Crippen LogP contribution in [0.5, 0.6) is 0 Å². The number of aromatic nitrogens is 2. The van der Waals surface area contributed by atoms with Crippen molar-refractivity contribution in [3.63, 3.8) is 0 Å². The molecule has 0 aliphatic heterocycles. The van der Waals surface area contributed by atoms with Gasteiger partial charge in [-0.1, -0.05) is 99.1 Å². The Labute approximate surface area is 298 Å². The number of carbonyl (C=O) groups excluding carboxylic acids is 2. The van der Waals surface area contributed by atoms with Gasteiger partial charge in [0.1, 0.15) is 6.04 Å². The van der Waals surface area contributed by atoms with Crippen LogP contribution in [0.25, 0.3) is 21.5 Å². The summed E-state index contributed by atoms with van der Waals surface area (Å²) in [6.07, 6.45) is 6.75. The molecule has 10 heteroatoms. The van der Waals surface area contributed by atoms with Gasteiger partial charge in [0.15, 0.2) is 0 Å². The zero-order valence-electron chi connectivity index (χ0n) is 29.0. The Kier molecular flexibility index (Phi) is 13.1. The number of rotatable bonds is 18. The first-order valence-corrected chi connectivity index (χ1v) is 18.6. The number of fused-ring (bicyclic) bond motifs is 2. The number of thioether (sulfide) groups is 1. The summed E-state index contributed by atoms with van der Waals surface area (Å²) in [5.74, 6) is -0.774. The highest BCUT2D eigenvalue weighted by molar-refractivity contribution is 7.98. The second-order valence-electron chi connectivity index (χ2n) is 13.0. The molecule has 0 spiro atoms. The molecule has 262 valence electrons. The van der Waals surface area contributed by atoms with Gasteiger partial charge >= 0.3 is 5.97 Å². The van der Waals surface area contributed by atoms with Crippen LogP contribution >= 0.6 is 11.8 Å². The molecule has 5 rings (SSSR count). The van der Waals surface area contributed by atoms with Gasteiger partial charge in [0.05, 0.1) is 19.3 Å². The van der Waals surface area contributed by atoms with Gasteiger partial charge in [0, 0.05) is 37.6 Å². The van der Waals surface area contributed by atoms with Crippen molar-refractivity contribution in [2.45, 2.75) is 58.3 Å². The number of benzene rings is 4. The summed E-state index contributed by atoms with van der Waals surface area (Å²) < 4.78 is 2.01. The highest BCUT2D eigenvalue weighted by atomic mass is 32.2. The van der Waals surface area contributed by atoms with E-state index in [1.54, 1.807) is 24.3 Å². The lowest BCUT2D eigenvalue weighted by atomic mass is 9.97. The maximum atomic E-state index is 13.7. The first-order chi connectivity index (χ1) is 24.2. The van der Waals surface area contributed by atoms with E-state index in [9.17, 15) is 19.5 Å². The van der Waals surface area contributed by atoms with Crippen molar-refractivity contribution in [1.29, 1.82) is 0 Å². The fraction of sp³-hybridized carbons (Fsp3) is 0.350. The molecule has 3 atom stereocenters. The number of carbonyl (C=O) groups is 3. The fourth-order valence-corrected chi connectivity index (χ4v) is 6.79. The SMILES string of the molecule is CC[C@H](C)[C@@H](CN(CC(=O)N[C@@H](CCSC)C(=O)O)Cc1cccc2ccccc12)NC(=O)Cc1cncn1Cc1ccc2ccccc2c1. The lowest BCUT2D eigenvalue weighted by molar-refractivity contribution is -0.142. The molecule has 4 aromatic carbocycles. The minimum atomic E-state index is -1.04. The summed E-state index contributed by atoms with van der Waals surface area (Å²) >= 11 is 1.54. The van der Waals surface area contributed by atoms with Crippen molar-refractivity contribution in [3.8, 4) is 0 Å². The van der Waals surface area contributed by atoms with Gasteiger partial charge in [0.2, 0.25) is 11.8 Å². The average molecular weight is 694 g/mol. The normalized spacial score (nSPS) is 13.3. The van der Waals surface area contributed by atoms with Gasteiger partial charge in [-0.3, -0.25) is 14.5 Å². The molecular weight excluding hydrogens is 647 g/mol. The van der Waals surface area contributed by atoms with E-state index in [-0.39, 0.29) is 36.7 Å². The van der Waals surface area contributed by atoms with E-state index < -0.39 is 12.0 Å². The molecule has 3 N–H and O–H groups in total. The van der Waals surface area contributed by atoms with E-state index in [0.717, 1.165) is 34.0 Å². The summed E-state index contributed by atoms with van der Waals surface area (Å²) in [6, 6.07) is 27.7. The topological polar surface area (TPSA) is 117 Å². The third-order valence-electron chi connectivity index (χ3n) is 9.32. The first kappa shape index (κ1) is 36.6. The van der Waals surface area contributed by atoms with E-state index in [0.29, 0.717) is 31.8 Å². The summed E-state index contributed by atoms with van der Waals surface area (Å²) in [6.45, 7) is 5.66. The van der Waals surface area contributed by atoms with E-state index in [1.165, 1.54) is 10.8 Å². The predicted molar refractivity (Wildman–Crippen MR) is 202 cm³/mol. The maximum Gasteiger partial charge on any atom is 0.326 e. The molecule has 50 heavy (non-hydrogen) atoms. The van der Waals surface area contributed by atoms with Crippen LogP contribution in [0, 0.1) is 5.92 Å². The van der Waals surface area contributed by atoms with E-state index in [4.69, 9.17) is 0 Å². The quantitative estimate of drug-likeness (QED) is 0.101. The second-order valence-corrected chi connectivity index (χ2v) is 14.0. The Morgan fingerprint density at radius 3 is 2.42 bits per heavy atom. The molecule has 0 aliphatic rings. The minimum absolute atomic E-state index is 0.00635. The number of nitrogens with one attached hydrogen (secondary N) is 2. The fourth-order valence-electron chi connectivity index (χ4n) is 6.32. The van der Waals surface area contributed by atoms with Crippen molar-refractivity contribution in [2.75, 3.05) is 25.1 Å². The lowest BCUT2D eigenvalue weighted by Gasteiger charge is -2.31. The van der Waals surface area contributed by atoms with Crippen LogP contribution in [0.3, 0.4) is 0 Å². The molecule has 0 radical (unpaired) electrons. The Balaban J connectivity index is 1.32. The molecule has 0 saturated carbocycles. The van der Waals surface area contributed by atoms with Crippen molar-refractivity contribution >= 4 is 51.1 Å². The zero-order valence-corrected chi connectivity index (χ0v) is 29.9. The van der Waals surface area contributed by atoms with Gasteiger partial charge in [-0.15, -0.1) is 0 Å². The number of carboxylic acid groups (broad SMARTS) is 1. The van der Waals surface area contributed by atoms with E-state index in [2.05, 4.69) is 84.1 Å². The van der Waals surface area contributed by atoms with Crippen molar-refractivity contribution in [2.24, 2.45) is 5.92 Å². The van der Waals surface area contributed by atoms with Crippen LogP contribution in [0.2, 0.25) is 0 Å². The van der Waals surface area contributed by atoms with Crippen LogP contribution in [-0.4, -0.2) is 74.5 Å². The molecule has 1 aromatic heterocycles. The number of amides is 2. The van der Waals surface area contributed by atoms with Crippen LogP contribution < -0.4 is 10.6 Å². The molecule has 0 unspecified atom stereocenters. The number of nitrogens with zero attached hydrogens (tertiary/aromatic N) is 3. The molecule has 9 nitrogen and oxygen atoms in total. The van der Waals surface area contributed by atoms with Crippen LogP contribution in [0.1, 0.15) is 43.5 Å². The average Bonchev–Trinajstić information content (AvgIpc) is 3.54. The van der Waals surface area contributed by atoms with Gasteiger partial charge in [-0.2, -0.15) is 11.8 Å². The van der Waals surface area contributed by atoms with E-state index >= 15 is 0 Å². The summed E-state index contributed by atoms with van der Waals surface area (Å²) in [5, 5.41) is 20.3. The minimum Gasteiger partial charge on any atom is -0.480 e. The Bertz CT molecular complexity index is 1900. The third kappa shape index (κ3) is 9.95. The molecule has 0 aliphatic carbocycles. The van der Waals surface area contributed by atoms with Crippen LogP contribution in [0.4, 0.5) is 0 Å². The molecule has 0 fully saturated rings. The smallest absolute Gasteiger partial charge is 0.326 e. The molecule has 0 saturated heterocycles. The van der Waals surface area contributed by atoms with Gasteiger partial charge in [-0.25, -0.2) is 9.78 Å². The van der Waals surface area contributed by atoms with Gasteiger partial charge in [0.25, 0.3) is 0 Å². The highest BCUT2D eigenvalue weighted by Crippen LogP contribution is 2.22. The zero-order chi connectivity index (χ0) is 35.5. The summed E-state index contributed by atoms with van der Waals surface area (Å²) in [4.78, 5) is 45.3. The number of carboxylic acids is 1. The standard InChI is InChI=1S/C40H47N5O4S/c1-4-28(2)37(43-38(46)21-34-22-41-27-45(34)23-29-16-17-30-10-5-6-12-32(30)20-29)25-44(26-39(47)42-36(40(48)49)18-19-50-3)24-33-14-9-13-31-11-7-8-15-35(31)33/h5-17,20,22,27-28,36-37H,4,18-19,21,23-26H2,1-3H3,(H,42,47)(H,43,46)(H,48,49)/t28-,36-,37+/m0/s1. The Hall–Kier alpha value is -4.67. The Morgan fingerprint density at radius 1 is 0.920 bits per heavy atom. The number of imidazole rings is 1. The maximum absolute atomic E-state index is 13.7. The van der Waals surface area contributed by atoms with Crippen molar-refractivity contribution < 1.29 is 19.5 Å². The third-order valence-corrected chi connectivity index (χ3v) is 9.97. The first-order valence-electron chi connectivity index (χ1n) is 17.2. The molecule has 1 heterocycles. The van der Waals surface area contributed by atoms with Crippen molar-refractivity contribution in [1.82, 2.24) is 25.1 Å². The van der Waals surface area contributed by atoms with Gasteiger partial charge in [-0.05, 0) is 63.1 Å². The van der Waals surface area contributed by atoms with Crippen LogP contribution in [-0.2, 0) is 33.9 Å². The van der Waals surface area contributed by atoms with E-state index in [1.807, 2.05) is 46.1 Å². The lowest BCUT2D eigenvalue weighted by Crippen LogP contribution is -2.51. The highest BCUT2D eigenvalue weighted by Gasteiger charge is 2.26. The summed E-state index contributed by atoms with van der Waals surface area (Å²) in [7, 11) is 0. The van der Waals surface area contributed by atoms with Crippen LogP contribution in [0.15, 0.2) is 97.5 Å². The summed E-state index contributed by atoms with van der Waals surface area (Å²) in [5.41, 5.74) is 3.00. The number of hydrogen-bond acceptors (Lipinski definition) is 6. The monoisotopic (exact) mass is 693 g/mol. The Morgan fingerprint density at radius 2 is 1.66 bits per heavy atom. The number of hydrogen-bond donors (Lipinski definition) is 3. The second kappa shape index (κ2) is 17.8. The van der Waals surface area contributed by atoms with Gasteiger partial charge < -0.3 is 20.3 Å². The molecular formula is C40H47N5O4S. The largest absolute Gasteiger partial charge is 0.480 e. The molecule has 2 amide bonds.